The molecule has 1 aromatic rings. The standard InChI is InChI=1S/C9H7Cl2O5P/c10-6-3-5(1-2-17(14,15)16)4-7(11)8(6)9(12)13/h1-4H,(H,12,13)(H2,14,15,16). The van der Waals surface area contributed by atoms with Crippen LogP contribution in [-0.4, -0.2) is 20.9 Å². The Morgan fingerprint density at radius 3 is 2.06 bits per heavy atom. The van der Waals surface area contributed by atoms with Gasteiger partial charge in [0, 0.05) is 5.82 Å². The Balaban J connectivity index is 3.20. The van der Waals surface area contributed by atoms with Gasteiger partial charge in [-0.25, -0.2) is 4.79 Å². The summed E-state index contributed by atoms with van der Waals surface area (Å²) in [6, 6.07) is 2.51. The molecule has 0 spiro atoms. The summed E-state index contributed by atoms with van der Waals surface area (Å²) in [4.78, 5) is 28.0. The third-order valence-corrected chi connectivity index (χ3v) is 2.87. The molecular weight excluding hydrogens is 290 g/mol. The minimum atomic E-state index is -4.28. The van der Waals surface area contributed by atoms with Gasteiger partial charge in [-0.2, -0.15) is 0 Å². The van der Waals surface area contributed by atoms with Crippen molar-refractivity contribution in [1.82, 2.24) is 0 Å². The van der Waals surface area contributed by atoms with Gasteiger partial charge in [0.25, 0.3) is 0 Å². The van der Waals surface area contributed by atoms with Crippen molar-refractivity contribution in [2.45, 2.75) is 0 Å². The fourth-order valence-electron chi connectivity index (χ4n) is 1.08. The van der Waals surface area contributed by atoms with E-state index in [9.17, 15) is 9.36 Å². The van der Waals surface area contributed by atoms with Crippen LogP contribution >= 0.6 is 30.8 Å². The summed E-state index contributed by atoms with van der Waals surface area (Å²) in [5.74, 6) is -0.597. The number of benzene rings is 1. The molecule has 1 rings (SSSR count). The van der Waals surface area contributed by atoms with Gasteiger partial charge in [-0.3, -0.25) is 4.57 Å². The highest BCUT2D eigenvalue weighted by Gasteiger charge is 2.14. The van der Waals surface area contributed by atoms with E-state index in [2.05, 4.69) is 0 Å². The first kappa shape index (κ1) is 14.2. The van der Waals surface area contributed by atoms with Crippen LogP contribution in [0.5, 0.6) is 0 Å². The normalized spacial score (nSPS) is 12.0. The smallest absolute Gasteiger partial charge is 0.349 e. The highest BCUT2D eigenvalue weighted by atomic mass is 35.5. The molecule has 8 heteroatoms. The molecule has 3 N–H and O–H groups in total. The topological polar surface area (TPSA) is 94.8 Å². The van der Waals surface area contributed by atoms with Gasteiger partial charge in [0.1, 0.15) is 0 Å². The maximum Gasteiger partial charge on any atom is 0.349 e. The lowest BCUT2D eigenvalue weighted by Gasteiger charge is -2.04. The zero-order valence-electron chi connectivity index (χ0n) is 8.17. The van der Waals surface area contributed by atoms with Gasteiger partial charge in [-0.15, -0.1) is 0 Å². The number of carbonyl (C=O) groups is 1. The van der Waals surface area contributed by atoms with Crippen molar-refractivity contribution < 1.29 is 24.3 Å². The van der Waals surface area contributed by atoms with Gasteiger partial charge in [0.15, 0.2) is 0 Å². The average Bonchev–Trinajstić information content (AvgIpc) is 2.11. The van der Waals surface area contributed by atoms with E-state index in [0.29, 0.717) is 11.4 Å². The van der Waals surface area contributed by atoms with Crippen molar-refractivity contribution in [3.8, 4) is 0 Å². The Labute approximate surface area is 106 Å². The second kappa shape index (κ2) is 5.21. The van der Waals surface area contributed by atoms with Crippen molar-refractivity contribution in [1.29, 1.82) is 0 Å². The van der Waals surface area contributed by atoms with E-state index < -0.39 is 13.6 Å². The molecule has 0 saturated carbocycles. The van der Waals surface area contributed by atoms with Crippen molar-refractivity contribution in [3.05, 3.63) is 39.1 Å². The summed E-state index contributed by atoms with van der Waals surface area (Å²) in [7, 11) is -4.28. The zero-order chi connectivity index (χ0) is 13.2. The van der Waals surface area contributed by atoms with Gasteiger partial charge in [-0.1, -0.05) is 23.2 Å². The maximum atomic E-state index is 10.8. The van der Waals surface area contributed by atoms with Crippen LogP contribution < -0.4 is 0 Å². The zero-order valence-corrected chi connectivity index (χ0v) is 10.6. The second-order valence-electron chi connectivity index (χ2n) is 3.07. The van der Waals surface area contributed by atoms with Gasteiger partial charge < -0.3 is 14.9 Å². The fourth-order valence-corrected chi connectivity index (χ4v) is 2.11. The lowest BCUT2D eigenvalue weighted by molar-refractivity contribution is 0.0697. The van der Waals surface area contributed by atoms with Crippen LogP contribution in [0.25, 0.3) is 6.08 Å². The molecule has 0 unspecified atom stereocenters. The predicted octanol–water partition coefficient (Wildman–Crippen LogP) is 2.84. The number of carboxylic acid groups (broad SMARTS) is 1. The van der Waals surface area contributed by atoms with Crippen molar-refractivity contribution >= 4 is 42.8 Å². The summed E-state index contributed by atoms with van der Waals surface area (Å²) in [5, 5.41) is 8.58. The molecule has 17 heavy (non-hydrogen) atoms. The van der Waals surface area contributed by atoms with Crippen LogP contribution in [0.1, 0.15) is 15.9 Å². The number of aromatic carboxylic acids is 1. The molecule has 0 amide bonds. The lowest BCUT2D eigenvalue weighted by atomic mass is 10.1. The summed E-state index contributed by atoms with van der Waals surface area (Å²) in [6.45, 7) is 0. The summed E-state index contributed by atoms with van der Waals surface area (Å²) < 4.78 is 10.6. The first-order chi connectivity index (χ1) is 7.70. The number of hydrogen-bond donors (Lipinski definition) is 3. The van der Waals surface area contributed by atoms with E-state index in [1.807, 2.05) is 0 Å². The molecule has 92 valence electrons. The van der Waals surface area contributed by atoms with E-state index in [-0.39, 0.29) is 15.6 Å². The third-order valence-electron chi connectivity index (χ3n) is 1.74. The van der Waals surface area contributed by atoms with Crippen LogP contribution in [0.15, 0.2) is 17.9 Å². The molecule has 0 saturated heterocycles. The van der Waals surface area contributed by atoms with Crippen LogP contribution in [0.3, 0.4) is 0 Å². The van der Waals surface area contributed by atoms with Gasteiger partial charge in [0.2, 0.25) is 0 Å². The lowest BCUT2D eigenvalue weighted by Crippen LogP contribution is -1.99. The molecule has 0 bridgehead atoms. The van der Waals surface area contributed by atoms with Crippen LogP contribution in [0.4, 0.5) is 0 Å². The first-order valence-electron chi connectivity index (χ1n) is 4.17. The van der Waals surface area contributed by atoms with Crippen LogP contribution in [0, 0.1) is 0 Å². The number of hydrogen-bond acceptors (Lipinski definition) is 2. The van der Waals surface area contributed by atoms with E-state index in [1.54, 1.807) is 0 Å². The molecule has 0 aliphatic rings. The average molecular weight is 297 g/mol. The van der Waals surface area contributed by atoms with Gasteiger partial charge in [-0.05, 0) is 23.8 Å². The summed E-state index contributed by atoms with van der Waals surface area (Å²) >= 11 is 11.4. The van der Waals surface area contributed by atoms with E-state index in [0.717, 1.165) is 6.08 Å². The van der Waals surface area contributed by atoms with Crippen molar-refractivity contribution in [2.24, 2.45) is 0 Å². The van der Waals surface area contributed by atoms with Gasteiger partial charge in [0.05, 0.1) is 15.6 Å². The molecule has 0 atom stereocenters. The van der Waals surface area contributed by atoms with E-state index in [4.69, 9.17) is 38.1 Å². The predicted molar refractivity (Wildman–Crippen MR) is 64.5 cm³/mol. The van der Waals surface area contributed by atoms with Crippen molar-refractivity contribution in [2.75, 3.05) is 0 Å². The molecule has 0 fully saturated rings. The van der Waals surface area contributed by atoms with E-state index in [1.165, 1.54) is 12.1 Å². The Kier molecular flexibility index (Phi) is 4.36. The molecular formula is C9H7Cl2O5P. The summed E-state index contributed by atoms with van der Waals surface area (Å²) in [6.07, 6.45) is 1.12. The van der Waals surface area contributed by atoms with Crippen molar-refractivity contribution in [3.63, 3.8) is 0 Å². The molecule has 0 radical (unpaired) electrons. The van der Waals surface area contributed by atoms with Crippen LogP contribution in [-0.2, 0) is 4.57 Å². The third kappa shape index (κ3) is 4.15. The fraction of sp³-hybridized carbons (Fsp3) is 0. The monoisotopic (exact) mass is 296 g/mol. The van der Waals surface area contributed by atoms with E-state index >= 15 is 0 Å². The highest BCUT2D eigenvalue weighted by Crippen LogP contribution is 2.37. The van der Waals surface area contributed by atoms with Crippen LogP contribution in [0.2, 0.25) is 10.0 Å². The molecule has 5 nitrogen and oxygen atoms in total. The van der Waals surface area contributed by atoms with Gasteiger partial charge >= 0.3 is 13.6 Å². The number of halogens is 2. The highest BCUT2D eigenvalue weighted by molar-refractivity contribution is 7.55. The maximum absolute atomic E-state index is 10.8. The molecule has 0 aliphatic heterocycles. The number of rotatable bonds is 3. The first-order valence-corrected chi connectivity index (χ1v) is 6.61. The SMILES string of the molecule is O=C(O)c1c(Cl)cc(C=CP(=O)(O)O)cc1Cl. The largest absolute Gasteiger partial charge is 0.478 e. The Morgan fingerprint density at radius 2 is 1.71 bits per heavy atom. The summed E-state index contributed by atoms with van der Waals surface area (Å²) in [5.41, 5.74) is 0.0509. The minimum absolute atomic E-state index is 0.102. The molecule has 0 heterocycles. The number of carboxylic acids is 1. The molecule has 1 aromatic carbocycles. The second-order valence-corrected chi connectivity index (χ2v) is 5.36. The Morgan fingerprint density at radius 1 is 1.24 bits per heavy atom. The minimum Gasteiger partial charge on any atom is -0.478 e. The molecule has 0 aromatic heterocycles. The molecule has 0 aliphatic carbocycles. The Bertz CT molecular complexity index is 511. The Hall–Kier alpha value is -0.840. The quantitative estimate of drug-likeness (QED) is 0.746.